The fourth-order valence-corrected chi connectivity index (χ4v) is 2.04. The molecule has 1 aliphatic rings. The minimum Gasteiger partial charge on any atom is -0.476 e. The van der Waals surface area contributed by atoms with Crippen LogP contribution in [-0.4, -0.2) is 45.7 Å². The van der Waals surface area contributed by atoms with Gasteiger partial charge in [-0.05, 0) is 25.9 Å². The fraction of sp³-hybridized carbons (Fsp3) is 0.600. The highest BCUT2D eigenvalue weighted by atomic mass is 16.4. The number of hydrogen-bond acceptors (Lipinski definition) is 3. The second-order valence-corrected chi connectivity index (χ2v) is 4.18. The van der Waals surface area contributed by atoms with Gasteiger partial charge in [0.25, 0.3) is 0 Å². The first-order chi connectivity index (χ1) is 7.15. The van der Waals surface area contributed by atoms with E-state index in [9.17, 15) is 4.79 Å². The van der Waals surface area contributed by atoms with Crippen LogP contribution in [-0.2, 0) is 6.54 Å². The largest absolute Gasteiger partial charge is 0.476 e. The molecule has 1 aromatic rings. The fourth-order valence-electron chi connectivity index (χ4n) is 2.04. The van der Waals surface area contributed by atoms with Gasteiger partial charge in [0.2, 0.25) is 0 Å². The maximum atomic E-state index is 10.6. The molecule has 2 heterocycles. The van der Waals surface area contributed by atoms with Crippen LogP contribution in [0.2, 0.25) is 0 Å². The van der Waals surface area contributed by atoms with Crippen molar-refractivity contribution in [3.63, 3.8) is 0 Å². The number of carboxylic acids is 1. The van der Waals surface area contributed by atoms with Crippen molar-refractivity contribution in [3.05, 3.63) is 18.2 Å². The van der Waals surface area contributed by atoms with Crippen molar-refractivity contribution in [1.82, 2.24) is 14.5 Å². The Morgan fingerprint density at radius 1 is 1.73 bits per heavy atom. The van der Waals surface area contributed by atoms with E-state index in [1.165, 1.54) is 6.42 Å². The summed E-state index contributed by atoms with van der Waals surface area (Å²) in [6.45, 7) is 3.08. The van der Waals surface area contributed by atoms with Gasteiger partial charge in [0.1, 0.15) is 0 Å². The molecule has 0 saturated carbocycles. The van der Waals surface area contributed by atoms with E-state index in [0.29, 0.717) is 5.92 Å². The number of nitrogens with zero attached hydrogens (tertiary/aromatic N) is 3. The Hall–Kier alpha value is -1.36. The molecule has 0 radical (unpaired) electrons. The molecule has 1 aromatic heterocycles. The highest BCUT2D eigenvalue weighted by Crippen LogP contribution is 2.16. The standard InChI is InChI=1S/C10H15N3O2/c1-12-3-2-8(4-12)5-13-6-9(10(14)15)11-7-13/h6-8H,2-5H2,1H3,(H,14,15). The molecule has 0 aliphatic carbocycles. The third-order valence-corrected chi connectivity index (χ3v) is 2.81. The normalized spacial score (nSPS) is 22.1. The number of carbonyl (C=O) groups is 1. The first-order valence-electron chi connectivity index (χ1n) is 5.09. The molecule has 0 aromatic carbocycles. The second kappa shape index (κ2) is 4.02. The molecular formula is C10H15N3O2. The Balaban J connectivity index is 1.96. The number of hydrogen-bond donors (Lipinski definition) is 1. The summed E-state index contributed by atoms with van der Waals surface area (Å²) in [5, 5.41) is 8.72. The maximum absolute atomic E-state index is 10.6. The van der Waals surface area contributed by atoms with E-state index in [1.54, 1.807) is 12.5 Å². The van der Waals surface area contributed by atoms with E-state index in [2.05, 4.69) is 16.9 Å². The lowest BCUT2D eigenvalue weighted by molar-refractivity contribution is 0.0691. The highest BCUT2D eigenvalue weighted by molar-refractivity contribution is 5.84. The van der Waals surface area contributed by atoms with Crippen molar-refractivity contribution in [2.45, 2.75) is 13.0 Å². The Kier molecular flexibility index (Phi) is 2.73. The summed E-state index contributed by atoms with van der Waals surface area (Å²) in [6.07, 6.45) is 4.37. The summed E-state index contributed by atoms with van der Waals surface area (Å²) < 4.78 is 1.87. The molecule has 0 bridgehead atoms. The van der Waals surface area contributed by atoms with Gasteiger partial charge in [-0.25, -0.2) is 9.78 Å². The van der Waals surface area contributed by atoms with E-state index >= 15 is 0 Å². The zero-order chi connectivity index (χ0) is 10.8. The molecule has 1 aliphatic heterocycles. The second-order valence-electron chi connectivity index (χ2n) is 4.18. The van der Waals surface area contributed by atoms with Crippen LogP contribution in [0.4, 0.5) is 0 Å². The molecule has 1 N–H and O–H groups in total. The van der Waals surface area contributed by atoms with Gasteiger partial charge in [0, 0.05) is 19.3 Å². The molecule has 2 rings (SSSR count). The first kappa shape index (κ1) is 10.2. The quantitative estimate of drug-likeness (QED) is 0.789. The SMILES string of the molecule is CN1CCC(Cn2cnc(C(=O)O)c2)C1. The topological polar surface area (TPSA) is 58.4 Å². The van der Waals surface area contributed by atoms with Crippen molar-refractivity contribution in [2.75, 3.05) is 20.1 Å². The van der Waals surface area contributed by atoms with Gasteiger partial charge in [0.15, 0.2) is 5.69 Å². The predicted molar refractivity (Wildman–Crippen MR) is 54.8 cm³/mol. The average Bonchev–Trinajstić information content (AvgIpc) is 2.76. The minimum atomic E-state index is -0.961. The monoisotopic (exact) mass is 209 g/mol. The van der Waals surface area contributed by atoms with Gasteiger partial charge < -0.3 is 14.6 Å². The number of aromatic carboxylic acids is 1. The van der Waals surface area contributed by atoms with E-state index < -0.39 is 5.97 Å². The van der Waals surface area contributed by atoms with E-state index in [0.717, 1.165) is 19.6 Å². The van der Waals surface area contributed by atoms with Crippen molar-refractivity contribution in [3.8, 4) is 0 Å². The Labute approximate surface area is 88.3 Å². The highest BCUT2D eigenvalue weighted by Gasteiger charge is 2.20. The lowest BCUT2D eigenvalue weighted by atomic mass is 10.1. The first-order valence-corrected chi connectivity index (χ1v) is 5.09. The summed E-state index contributed by atoms with van der Waals surface area (Å²) >= 11 is 0. The molecule has 1 saturated heterocycles. The van der Waals surface area contributed by atoms with Crippen molar-refractivity contribution in [2.24, 2.45) is 5.92 Å². The van der Waals surface area contributed by atoms with Crippen LogP contribution in [0.15, 0.2) is 12.5 Å². The predicted octanol–water partition coefficient (Wildman–Crippen LogP) is 0.533. The summed E-state index contributed by atoms with van der Waals surface area (Å²) in [4.78, 5) is 16.7. The molecule has 1 fully saturated rings. The lowest BCUT2D eigenvalue weighted by Crippen LogP contribution is -2.16. The number of imidazole rings is 1. The Morgan fingerprint density at radius 3 is 3.07 bits per heavy atom. The minimum absolute atomic E-state index is 0.126. The van der Waals surface area contributed by atoms with Crippen molar-refractivity contribution < 1.29 is 9.90 Å². The van der Waals surface area contributed by atoms with E-state index in [-0.39, 0.29) is 5.69 Å². The number of aromatic nitrogens is 2. The molecular weight excluding hydrogens is 194 g/mol. The number of likely N-dealkylation sites (tertiary alicyclic amines) is 1. The van der Waals surface area contributed by atoms with Crippen LogP contribution in [0, 0.1) is 5.92 Å². The maximum Gasteiger partial charge on any atom is 0.356 e. The van der Waals surface area contributed by atoms with Gasteiger partial charge >= 0.3 is 5.97 Å². The van der Waals surface area contributed by atoms with Crippen LogP contribution < -0.4 is 0 Å². The van der Waals surface area contributed by atoms with Gasteiger partial charge in [-0.2, -0.15) is 0 Å². The Bertz CT molecular complexity index is 361. The van der Waals surface area contributed by atoms with Crippen LogP contribution >= 0.6 is 0 Å². The molecule has 0 amide bonds. The van der Waals surface area contributed by atoms with Crippen molar-refractivity contribution in [1.29, 1.82) is 0 Å². The van der Waals surface area contributed by atoms with Crippen molar-refractivity contribution >= 4 is 5.97 Å². The average molecular weight is 209 g/mol. The van der Waals surface area contributed by atoms with Crippen LogP contribution in [0.25, 0.3) is 0 Å². The number of rotatable bonds is 3. The summed E-state index contributed by atoms with van der Waals surface area (Å²) in [5.41, 5.74) is 0.126. The molecule has 5 heteroatoms. The molecule has 5 nitrogen and oxygen atoms in total. The summed E-state index contributed by atoms with van der Waals surface area (Å²) in [5.74, 6) is -0.344. The van der Waals surface area contributed by atoms with Crippen LogP contribution in [0.1, 0.15) is 16.9 Å². The Morgan fingerprint density at radius 2 is 2.53 bits per heavy atom. The van der Waals surface area contributed by atoms with E-state index in [4.69, 9.17) is 5.11 Å². The van der Waals surface area contributed by atoms with Gasteiger partial charge in [-0.3, -0.25) is 0 Å². The summed E-state index contributed by atoms with van der Waals surface area (Å²) in [6, 6.07) is 0. The third kappa shape index (κ3) is 2.36. The zero-order valence-electron chi connectivity index (χ0n) is 8.76. The van der Waals surface area contributed by atoms with Gasteiger partial charge in [-0.1, -0.05) is 0 Å². The lowest BCUT2D eigenvalue weighted by Gasteiger charge is -2.10. The number of carboxylic acid groups (broad SMARTS) is 1. The van der Waals surface area contributed by atoms with Crippen LogP contribution in [0.3, 0.4) is 0 Å². The van der Waals surface area contributed by atoms with Gasteiger partial charge in [0.05, 0.1) is 6.33 Å². The van der Waals surface area contributed by atoms with E-state index in [1.807, 2.05) is 4.57 Å². The third-order valence-electron chi connectivity index (χ3n) is 2.81. The molecule has 0 spiro atoms. The van der Waals surface area contributed by atoms with Crippen LogP contribution in [0.5, 0.6) is 0 Å². The smallest absolute Gasteiger partial charge is 0.356 e. The molecule has 1 unspecified atom stereocenters. The molecule has 1 atom stereocenters. The van der Waals surface area contributed by atoms with Gasteiger partial charge in [-0.15, -0.1) is 0 Å². The molecule has 82 valence electrons. The zero-order valence-corrected chi connectivity index (χ0v) is 8.76. The molecule has 15 heavy (non-hydrogen) atoms. The summed E-state index contributed by atoms with van der Waals surface area (Å²) in [7, 11) is 2.11.